The van der Waals surface area contributed by atoms with Crippen molar-refractivity contribution in [3.8, 4) is 0 Å². The van der Waals surface area contributed by atoms with Crippen molar-refractivity contribution >= 4 is 11.5 Å². The van der Waals surface area contributed by atoms with E-state index in [1.54, 1.807) is 0 Å². The Kier molecular flexibility index (Phi) is 1.59. The summed E-state index contributed by atoms with van der Waals surface area (Å²) in [5.41, 5.74) is 3.87. The summed E-state index contributed by atoms with van der Waals surface area (Å²) in [6.07, 6.45) is 0. The number of hydrogen-bond donors (Lipinski definition) is 2. The number of nitrogens with one attached hydrogen (secondary N) is 1. The molecule has 0 saturated heterocycles. The molecule has 0 aliphatic rings. The number of aromatic nitrogens is 1. The molecule has 0 radical (unpaired) electrons. The molecule has 0 saturated carbocycles. The quantitative estimate of drug-likeness (QED) is 0.435. The third kappa shape index (κ3) is 1.34. The van der Waals surface area contributed by atoms with Crippen LogP contribution in [0.25, 0.3) is 0 Å². The summed E-state index contributed by atoms with van der Waals surface area (Å²) in [4.78, 5) is 22.1. The number of nitro groups is 1. The van der Waals surface area contributed by atoms with Gasteiger partial charge < -0.3 is 10.7 Å². The lowest BCUT2D eigenvalue weighted by molar-refractivity contribution is -0.386. The van der Waals surface area contributed by atoms with Crippen molar-refractivity contribution in [1.82, 2.24) is 4.98 Å². The number of anilines is 1. The monoisotopic (exact) mass is 155 g/mol. The Bertz CT molecular complexity index is 343. The zero-order chi connectivity index (χ0) is 8.43. The summed E-state index contributed by atoms with van der Waals surface area (Å²) in [5, 5.41) is 10.1. The normalized spacial score (nSPS) is 9.45. The average molecular weight is 155 g/mol. The molecule has 11 heavy (non-hydrogen) atoms. The maximum absolute atomic E-state index is 10.7. The van der Waals surface area contributed by atoms with Crippen molar-refractivity contribution < 1.29 is 4.92 Å². The molecule has 0 fully saturated rings. The number of nitrogens with two attached hydrogens (primary N) is 1. The third-order valence-corrected chi connectivity index (χ3v) is 1.11. The minimum absolute atomic E-state index is 0.112. The molecule has 0 spiro atoms. The first-order chi connectivity index (χ1) is 5.11. The molecule has 0 aromatic carbocycles. The Labute approximate surface area is 60.8 Å². The van der Waals surface area contributed by atoms with Crippen LogP contribution < -0.4 is 11.3 Å². The van der Waals surface area contributed by atoms with Gasteiger partial charge >= 0.3 is 11.2 Å². The summed E-state index contributed by atoms with van der Waals surface area (Å²) in [6, 6.07) is 2.33. The summed E-state index contributed by atoms with van der Waals surface area (Å²) >= 11 is 0. The minimum atomic E-state index is -0.782. The lowest BCUT2D eigenvalue weighted by atomic mass is 10.4. The smallest absolute Gasteiger partial charge is 0.334 e. The van der Waals surface area contributed by atoms with Crippen LogP contribution in [0, 0.1) is 10.1 Å². The van der Waals surface area contributed by atoms with Gasteiger partial charge in [-0.15, -0.1) is 0 Å². The molecule has 0 atom stereocenters. The van der Waals surface area contributed by atoms with Crippen LogP contribution in [0.2, 0.25) is 0 Å². The van der Waals surface area contributed by atoms with Crippen molar-refractivity contribution in [2.45, 2.75) is 0 Å². The molecule has 0 aliphatic heterocycles. The molecule has 1 rings (SSSR count). The first-order valence-electron chi connectivity index (χ1n) is 2.74. The first kappa shape index (κ1) is 7.26. The molecule has 1 aromatic rings. The molecule has 1 aromatic heterocycles. The first-order valence-corrected chi connectivity index (χ1v) is 2.74. The Balaban J connectivity index is 3.32. The Hall–Kier alpha value is -1.85. The zero-order valence-electron chi connectivity index (χ0n) is 5.40. The van der Waals surface area contributed by atoms with Gasteiger partial charge in [0, 0.05) is 6.07 Å². The van der Waals surface area contributed by atoms with Crippen molar-refractivity contribution in [3.63, 3.8) is 0 Å². The van der Waals surface area contributed by atoms with Crippen LogP contribution in [0.15, 0.2) is 16.9 Å². The molecule has 0 aliphatic carbocycles. The predicted molar refractivity (Wildman–Crippen MR) is 38.1 cm³/mol. The second-order valence-electron chi connectivity index (χ2n) is 1.89. The highest BCUT2D eigenvalue weighted by Crippen LogP contribution is 2.02. The van der Waals surface area contributed by atoms with Gasteiger partial charge in [0.25, 0.3) is 0 Å². The van der Waals surface area contributed by atoms with E-state index in [1.165, 1.54) is 6.07 Å². The molecule has 3 N–H and O–H groups in total. The van der Waals surface area contributed by atoms with E-state index in [4.69, 9.17) is 5.73 Å². The molecular formula is C5H5N3O3. The maximum atomic E-state index is 10.7. The van der Waals surface area contributed by atoms with E-state index in [9.17, 15) is 14.9 Å². The molecule has 6 nitrogen and oxygen atoms in total. The van der Waals surface area contributed by atoms with Gasteiger partial charge in [0.05, 0.1) is 4.92 Å². The van der Waals surface area contributed by atoms with E-state index in [-0.39, 0.29) is 5.82 Å². The van der Waals surface area contributed by atoms with E-state index in [0.29, 0.717) is 0 Å². The second kappa shape index (κ2) is 2.41. The van der Waals surface area contributed by atoms with Crippen LogP contribution in [0.3, 0.4) is 0 Å². The molecular weight excluding hydrogens is 150 g/mol. The fraction of sp³-hybridized carbons (Fsp3) is 0. The van der Waals surface area contributed by atoms with E-state index in [1.807, 2.05) is 0 Å². The molecule has 0 amide bonds. The van der Waals surface area contributed by atoms with Crippen LogP contribution in [0.5, 0.6) is 0 Å². The fourth-order valence-corrected chi connectivity index (χ4v) is 0.625. The molecule has 6 heteroatoms. The van der Waals surface area contributed by atoms with Gasteiger partial charge in [0.2, 0.25) is 0 Å². The van der Waals surface area contributed by atoms with Gasteiger partial charge in [-0.05, 0) is 6.07 Å². The Morgan fingerprint density at radius 1 is 1.55 bits per heavy atom. The van der Waals surface area contributed by atoms with E-state index >= 15 is 0 Å². The van der Waals surface area contributed by atoms with Gasteiger partial charge in [-0.1, -0.05) is 0 Å². The van der Waals surface area contributed by atoms with Gasteiger partial charge in [-0.3, -0.25) is 14.9 Å². The number of aromatic amines is 1. The highest BCUT2D eigenvalue weighted by Gasteiger charge is 2.09. The number of rotatable bonds is 1. The van der Waals surface area contributed by atoms with Crippen molar-refractivity contribution in [1.29, 1.82) is 0 Å². The van der Waals surface area contributed by atoms with Crippen LogP contribution in [-0.4, -0.2) is 9.91 Å². The second-order valence-corrected chi connectivity index (χ2v) is 1.89. The largest absolute Gasteiger partial charge is 0.385 e. The third-order valence-electron chi connectivity index (χ3n) is 1.11. The lowest BCUT2D eigenvalue weighted by Gasteiger charge is -1.90. The minimum Gasteiger partial charge on any atom is -0.385 e. The molecule has 1 heterocycles. The van der Waals surface area contributed by atoms with Crippen LogP contribution in [0.1, 0.15) is 0 Å². The van der Waals surface area contributed by atoms with Crippen molar-refractivity contribution in [3.05, 3.63) is 32.6 Å². The molecule has 58 valence electrons. The SMILES string of the molecule is Nc1ccc([N+](=O)[O-])c(=O)[nH]1. The lowest BCUT2D eigenvalue weighted by Crippen LogP contribution is -2.12. The Morgan fingerprint density at radius 2 is 2.18 bits per heavy atom. The molecule has 0 bridgehead atoms. The summed E-state index contributed by atoms with van der Waals surface area (Å²) < 4.78 is 0. The average Bonchev–Trinajstić information content (AvgIpc) is 1.85. The van der Waals surface area contributed by atoms with Gasteiger partial charge in [0.1, 0.15) is 5.82 Å². The van der Waals surface area contributed by atoms with Crippen LogP contribution >= 0.6 is 0 Å². The van der Waals surface area contributed by atoms with Gasteiger partial charge in [0.15, 0.2) is 0 Å². The van der Waals surface area contributed by atoms with Gasteiger partial charge in [-0.2, -0.15) is 0 Å². The summed E-state index contributed by atoms with van der Waals surface area (Å²) in [7, 11) is 0. The maximum Gasteiger partial charge on any atom is 0.334 e. The van der Waals surface area contributed by atoms with Crippen molar-refractivity contribution in [2.24, 2.45) is 0 Å². The van der Waals surface area contributed by atoms with E-state index in [0.717, 1.165) is 6.07 Å². The molecule has 0 unspecified atom stereocenters. The van der Waals surface area contributed by atoms with E-state index in [2.05, 4.69) is 4.98 Å². The van der Waals surface area contributed by atoms with Gasteiger partial charge in [-0.25, -0.2) is 0 Å². The predicted octanol–water partition coefficient (Wildman–Crippen LogP) is -0.135. The fourth-order valence-electron chi connectivity index (χ4n) is 0.625. The Morgan fingerprint density at radius 3 is 2.64 bits per heavy atom. The van der Waals surface area contributed by atoms with E-state index < -0.39 is 16.2 Å². The number of nitrogens with zero attached hydrogens (tertiary/aromatic N) is 1. The summed E-state index contributed by atoms with van der Waals surface area (Å²) in [5.74, 6) is 0.112. The van der Waals surface area contributed by atoms with Crippen LogP contribution in [-0.2, 0) is 0 Å². The number of hydrogen-bond acceptors (Lipinski definition) is 4. The van der Waals surface area contributed by atoms with Crippen LogP contribution in [0.4, 0.5) is 11.5 Å². The van der Waals surface area contributed by atoms with Crippen molar-refractivity contribution in [2.75, 3.05) is 5.73 Å². The topological polar surface area (TPSA) is 102 Å². The number of H-pyrrole nitrogens is 1. The highest BCUT2D eigenvalue weighted by atomic mass is 16.6. The highest BCUT2D eigenvalue weighted by molar-refractivity contribution is 5.35. The zero-order valence-corrected chi connectivity index (χ0v) is 5.40. The summed E-state index contributed by atoms with van der Waals surface area (Å²) in [6.45, 7) is 0. The number of pyridine rings is 1. The standard InChI is InChI=1S/C5H5N3O3/c6-4-2-1-3(8(10)11)5(9)7-4/h1-2H,(H3,6,7,9). The number of nitrogen functional groups attached to an aromatic ring is 1.